The van der Waals surface area contributed by atoms with E-state index in [2.05, 4.69) is 25.7 Å². The Bertz CT molecular complexity index is 844. The van der Waals surface area contributed by atoms with E-state index in [0.717, 1.165) is 24.3 Å². The number of carbonyl (C=O) groups is 2. The third-order valence-corrected chi connectivity index (χ3v) is 5.74. The van der Waals surface area contributed by atoms with Gasteiger partial charge in [0.2, 0.25) is 0 Å². The van der Waals surface area contributed by atoms with Crippen molar-refractivity contribution in [1.29, 1.82) is 0 Å². The van der Waals surface area contributed by atoms with E-state index in [1.807, 2.05) is 41.3 Å². The fraction of sp³-hybridized carbons (Fsp3) is 0.455. The van der Waals surface area contributed by atoms with Gasteiger partial charge in [-0.25, -0.2) is 4.79 Å². The highest BCUT2D eigenvalue weighted by Crippen LogP contribution is 2.18. The highest BCUT2D eigenvalue weighted by atomic mass is 16.2. The quantitative estimate of drug-likeness (QED) is 0.812. The molecular formula is C22H28N6O2. The molecule has 2 aliphatic rings. The maximum absolute atomic E-state index is 12.5. The first-order valence-corrected chi connectivity index (χ1v) is 10.7. The Kier molecular flexibility index (Phi) is 6.41. The molecular weight excluding hydrogens is 380 g/mol. The van der Waals surface area contributed by atoms with E-state index < -0.39 is 0 Å². The van der Waals surface area contributed by atoms with Crippen LogP contribution in [0.25, 0.3) is 0 Å². The number of nitrogens with one attached hydrogen (secondary N) is 2. The number of para-hydroxylation sites is 1. The first-order chi connectivity index (χ1) is 14.7. The van der Waals surface area contributed by atoms with Crippen LogP contribution in [0.2, 0.25) is 0 Å². The highest BCUT2D eigenvalue weighted by molar-refractivity contribution is 6.02. The molecule has 1 aromatic heterocycles. The van der Waals surface area contributed by atoms with Gasteiger partial charge < -0.3 is 20.4 Å². The molecule has 0 radical (unpaired) electrons. The first kappa shape index (κ1) is 20.1. The minimum absolute atomic E-state index is 0.0422. The Morgan fingerprint density at radius 3 is 2.27 bits per heavy atom. The third-order valence-electron chi connectivity index (χ3n) is 5.74. The number of hydrogen-bond acceptors (Lipinski definition) is 5. The van der Waals surface area contributed by atoms with Crippen molar-refractivity contribution in [2.75, 3.05) is 36.4 Å². The van der Waals surface area contributed by atoms with E-state index in [-0.39, 0.29) is 17.6 Å². The van der Waals surface area contributed by atoms with Crippen molar-refractivity contribution in [2.45, 2.75) is 38.1 Å². The number of benzene rings is 1. The molecule has 0 atom stereocenters. The van der Waals surface area contributed by atoms with Crippen molar-refractivity contribution in [1.82, 2.24) is 20.4 Å². The smallest absolute Gasteiger partial charge is 0.317 e. The molecule has 30 heavy (non-hydrogen) atoms. The molecule has 4 rings (SSSR count). The first-order valence-electron chi connectivity index (χ1n) is 10.7. The second-order valence-electron chi connectivity index (χ2n) is 7.86. The Morgan fingerprint density at radius 1 is 0.867 bits per heavy atom. The summed E-state index contributed by atoms with van der Waals surface area (Å²) in [6.07, 6.45) is 5.86. The number of rotatable bonds is 4. The molecule has 2 fully saturated rings. The van der Waals surface area contributed by atoms with Gasteiger partial charge in [-0.15, -0.1) is 10.2 Å². The van der Waals surface area contributed by atoms with Gasteiger partial charge in [0.05, 0.1) is 0 Å². The van der Waals surface area contributed by atoms with Gasteiger partial charge in [0.15, 0.2) is 11.5 Å². The van der Waals surface area contributed by atoms with Crippen LogP contribution in [0, 0.1) is 0 Å². The molecule has 2 heterocycles. The Balaban J connectivity index is 1.27. The lowest BCUT2D eigenvalue weighted by atomic mass is 9.96. The van der Waals surface area contributed by atoms with Crippen LogP contribution in [0.1, 0.15) is 42.6 Å². The van der Waals surface area contributed by atoms with Crippen molar-refractivity contribution >= 4 is 23.4 Å². The molecule has 8 nitrogen and oxygen atoms in total. The predicted molar refractivity (Wildman–Crippen MR) is 116 cm³/mol. The third kappa shape index (κ3) is 5.06. The molecule has 0 bridgehead atoms. The van der Waals surface area contributed by atoms with Crippen LogP contribution in [0.3, 0.4) is 0 Å². The van der Waals surface area contributed by atoms with Gasteiger partial charge in [0.25, 0.3) is 5.91 Å². The molecule has 2 aromatic rings. The van der Waals surface area contributed by atoms with Crippen molar-refractivity contribution in [2.24, 2.45) is 0 Å². The van der Waals surface area contributed by atoms with Crippen LogP contribution in [-0.4, -0.2) is 59.3 Å². The molecule has 0 unspecified atom stereocenters. The number of carbonyl (C=O) groups excluding carboxylic acids is 2. The SMILES string of the molecule is O=C(Nc1ccccc1)c1ccc(N2CCN(C(=O)NC3CCCCC3)CC2)nn1. The second kappa shape index (κ2) is 9.56. The number of piperazine rings is 1. The lowest BCUT2D eigenvalue weighted by molar-refractivity contribution is 0.102. The number of amides is 3. The maximum Gasteiger partial charge on any atom is 0.317 e. The van der Waals surface area contributed by atoms with Crippen molar-refractivity contribution < 1.29 is 9.59 Å². The van der Waals surface area contributed by atoms with Gasteiger partial charge in [-0.1, -0.05) is 37.5 Å². The zero-order valence-corrected chi connectivity index (χ0v) is 17.1. The zero-order chi connectivity index (χ0) is 20.8. The average molecular weight is 409 g/mol. The van der Waals surface area contributed by atoms with Gasteiger partial charge in [-0.2, -0.15) is 0 Å². The largest absolute Gasteiger partial charge is 0.352 e. The second-order valence-corrected chi connectivity index (χ2v) is 7.86. The molecule has 0 spiro atoms. The van der Waals surface area contributed by atoms with E-state index in [4.69, 9.17) is 0 Å². The Morgan fingerprint density at radius 2 is 1.60 bits per heavy atom. The zero-order valence-electron chi connectivity index (χ0n) is 17.1. The Hall–Kier alpha value is -3.16. The molecule has 158 valence electrons. The van der Waals surface area contributed by atoms with Crippen LogP contribution >= 0.6 is 0 Å². The van der Waals surface area contributed by atoms with Crippen molar-refractivity contribution in [3.8, 4) is 0 Å². The maximum atomic E-state index is 12.5. The number of anilines is 2. The van der Waals surface area contributed by atoms with Crippen LogP contribution in [0.15, 0.2) is 42.5 Å². The lowest BCUT2D eigenvalue weighted by Gasteiger charge is -2.36. The predicted octanol–water partition coefficient (Wildman–Crippen LogP) is 2.89. The van der Waals surface area contributed by atoms with E-state index >= 15 is 0 Å². The molecule has 3 amide bonds. The number of nitrogens with zero attached hydrogens (tertiary/aromatic N) is 4. The standard InChI is InChI=1S/C22H28N6O2/c29-21(23-17-7-3-1-4-8-17)19-11-12-20(26-25-19)27-13-15-28(16-14-27)22(30)24-18-9-5-2-6-10-18/h1,3-4,7-8,11-12,18H,2,5-6,9-10,13-16H2,(H,23,29)(H,24,30). The van der Waals surface area contributed by atoms with E-state index in [9.17, 15) is 9.59 Å². The molecule has 1 aliphatic heterocycles. The highest BCUT2D eigenvalue weighted by Gasteiger charge is 2.24. The number of urea groups is 1. The van der Waals surface area contributed by atoms with Gasteiger partial charge in [-0.05, 0) is 37.1 Å². The topological polar surface area (TPSA) is 90.5 Å². The van der Waals surface area contributed by atoms with Gasteiger partial charge in [0.1, 0.15) is 0 Å². The molecule has 2 N–H and O–H groups in total. The molecule has 1 aromatic carbocycles. The average Bonchev–Trinajstić information content (AvgIpc) is 2.80. The summed E-state index contributed by atoms with van der Waals surface area (Å²) in [6.45, 7) is 2.69. The van der Waals surface area contributed by atoms with E-state index in [1.54, 1.807) is 6.07 Å². The summed E-state index contributed by atoms with van der Waals surface area (Å²) >= 11 is 0. The molecule has 8 heteroatoms. The minimum Gasteiger partial charge on any atom is -0.352 e. The fourth-order valence-electron chi connectivity index (χ4n) is 3.98. The summed E-state index contributed by atoms with van der Waals surface area (Å²) in [6, 6.07) is 13.1. The molecule has 1 saturated heterocycles. The van der Waals surface area contributed by atoms with Crippen molar-refractivity contribution in [3.63, 3.8) is 0 Å². The summed E-state index contributed by atoms with van der Waals surface area (Å²) in [5.74, 6) is 0.433. The van der Waals surface area contributed by atoms with Crippen LogP contribution in [0.4, 0.5) is 16.3 Å². The van der Waals surface area contributed by atoms with Crippen LogP contribution < -0.4 is 15.5 Å². The summed E-state index contributed by atoms with van der Waals surface area (Å²) in [5, 5.41) is 14.3. The summed E-state index contributed by atoms with van der Waals surface area (Å²) in [5.41, 5.74) is 0.990. The van der Waals surface area contributed by atoms with Gasteiger partial charge in [0, 0.05) is 37.9 Å². The molecule has 1 aliphatic carbocycles. The number of aromatic nitrogens is 2. The summed E-state index contributed by atoms with van der Waals surface area (Å²) < 4.78 is 0. The Labute approximate surface area is 176 Å². The van der Waals surface area contributed by atoms with Gasteiger partial charge >= 0.3 is 6.03 Å². The monoisotopic (exact) mass is 408 g/mol. The summed E-state index contributed by atoms with van der Waals surface area (Å²) in [7, 11) is 0. The van der Waals surface area contributed by atoms with Crippen LogP contribution in [0.5, 0.6) is 0 Å². The lowest BCUT2D eigenvalue weighted by Crippen LogP contribution is -2.53. The molecule has 1 saturated carbocycles. The minimum atomic E-state index is -0.288. The number of hydrogen-bond donors (Lipinski definition) is 2. The van der Waals surface area contributed by atoms with Gasteiger partial charge in [-0.3, -0.25) is 4.79 Å². The fourth-order valence-corrected chi connectivity index (χ4v) is 3.98. The summed E-state index contributed by atoms with van der Waals surface area (Å²) in [4.78, 5) is 28.8. The normalized spacial score (nSPS) is 17.5. The van der Waals surface area contributed by atoms with E-state index in [0.29, 0.717) is 32.2 Å². The van der Waals surface area contributed by atoms with Crippen molar-refractivity contribution in [3.05, 3.63) is 48.2 Å². The van der Waals surface area contributed by atoms with Crippen LogP contribution in [-0.2, 0) is 0 Å². The van der Waals surface area contributed by atoms with E-state index in [1.165, 1.54) is 19.3 Å².